The van der Waals surface area contributed by atoms with Gasteiger partial charge in [-0.05, 0) is 37.5 Å². The quantitative estimate of drug-likeness (QED) is 0.742. The van der Waals surface area contributed by atoms with Gasteiger partial charge < -0.3 is 25.8 Å². The first-order valence-corrected chi connectivity index (χ1v) is 7.40. The van der Waals surface area contributed by atoms with E-state index in [4.69, 9.17) is 10.2 Å². The average molecular weight is 309 g/mol. The Bertz CT molecular complexity index is 509. The third kappa shape index (κ3) is 5.73. The van der Waals surface area contributed by atoms with Gasteiger partial charge in [0, 0.05) is 11.4 Å². The van der Waals surface area contributed by atoms with E-state index in [0.29, 0.717) is 0 Å². The van der Waals surface area contributed by atoms with E-state index in [-0.39, 0.29) is 23.1 Å². The average Bonchev–Trinajstić information content (AvgIpc) is 2.48. The lowest BCUT2D eigenvalue weighted by molar-refractivity contribution is -0.397. The first-order valence-electron chi connectivity index (χ1n) is 7.40. The van der Waals surface area contributed by atoms with E-state index in [2.05, 4.69) is 5.73 Å². The first-order chi connectivity index (χ1) is 10.4. The number of quaternary nitrogens is 1. The van der Waals surface area contributed by atoms with Gasteiger partial charge in [-0.3, -0.25) is 0 Å². The van der Waals surface area contributed by atoms with Crippen molar-refractivity contribution in [1.82, 2.24) is 0 Å². The molecular formula is C16H23NO5. The number of carbonyl (C=O) groups is 2. The number of carboxylic acid groups (broad SMARTS) is 2. The van der Waals surface area contributed by atoms with Gasteiger partial charge in [-0.15, -0.1) is 0 Å². The van der Waals surface area contributed by atoms with E-state index in [1.807, 2.05) is 0 Å². The molecule has 1 saturated carbocycles. The smallest absolute Gasteiger partial charge is 0.335 e. The van der Waals surface area contributed by atoms with Gasteiger partial charge in [-0.2, -0.15) is 0 Å². The SMILES string of the molecule is O=C(O)c1cccc(O)c1.[NH3+]CC1(CC(=O)[O-])CCCCC1. The third-order valence-electron chi connectivity index (χ3n) is 4.06. The topological polar surface area (TPSA) is 125 Å². The number of aromatic carboxylic acids is 1. The summed E-state index contributed by atoms with van der Waals surface area (Å²) in [5, 5.41) is 27.7. The highest BCUT2D eigenvalue weighted by molar-refractivity contribution is 5.87. The van der Waals surface area contributed by atoms with Crippen LogP contribution in [0.25, 0.3) is 0 Å². The lowest BCUT2D eigenvalue weighted by Gasteiger charge is -2.34. The van der Waals surface area contributed by atoms with Crippen LogP contribution in [-0.4, -0.2) is 28.7 Å². The molecule has 1 aliphatic rings. The molecule has 122 valence electrons. The van der Waals surface area contributed by atoms with Crippen LogP contribution in [-0.2, 0) is 4.79 Å². The number of hydrogen-bond acceptors (Lipinski definition) is 4. The summed E-state index contributed by atoms with van der Waals surface area (Å²) in [5.41, 5.74) is 3.91. The van der Waals surface area contributed by atoms with Crippen molar-refractivity contribution in [1.29, 1.82) is 0 Å². The molecule has 1 aliphatic carbocycles. The molecule has 0 spiro atoms. The number of aliphatic carboxylic acids is 1. The van der Waals surface area contributed by atoms with Crippen LogP contribution < -0.4 is 10.8 Å². The Morgan fingerprint density at radius 1 is 1.23 bits per heavy atom. The van der Waals surface area contributed by atoms with E-state index in [1.165, 1.54) is 30.7 Å². The van der Waals surface area contributed by atoms with Crippen molar-refractivity contribution in [3.8, 4) is 5.75 Å². The summed E-state index contributed by atoms with van der Waals surface area (Å²) < 4.78 is 0. The minimum absolute atomic E-state index is 0.0279. The largest absolute Gasteiger partial charge is 0.550 e. The number of carboxylic acids is 2. The molecule has 22 heavy (non-hydrogen) atoms. The van der Waals surface area contributed by atoms with Crippen molar-refractivity contribution in [2.24, 2.45) is 5.41 Å². The molecule has 6 heteroatoms. The van der Waals surface area contributed by atoms with E-state index in [1.54, 1.807) is 0 Å². The number of phenols is 1. The standard InChI is InChI=1S/C9H17NO2.C7H6O3/c10-7-9(6-8(11)12)4-2-1-3-5-9;8-6-3-1-2-5(4-6)7(9)10/h1-7,10H2,(H,11,12);1-4,8H,(H,9,10). The van der Waals surface area contributed by atoms with E-state index in [0.717, 1.165) is 32.2 Å². The molecule has 1 aromatic carbocycles. The lowest BCUT2D eigenvalue weighted by Crippen LogP contribution is -2.59. The number of hydrogen-bond donors (Lipinski definition) is 3. The number of carbonyl (C=O) groups excluding carboxylic acids is 1. The van der Waals surface area contributed by atoms with Gasteiger partial charge in [0.25, 0.3) is 0 Å². The van der Waals surface area contributed by atoms with Gasteiger partial charge in [0.2, 0.25) is 0 Å². The summed E-state index contributed by atoms with van der Waals surface area (Å²) in [7, 11) is 0. The van der Waals surface area contributed by atoms with Crippen LogP contribution in [0.15, 0.2) is 24.3 Å². The van der Waals surface area contributed by atoms with E-state index < -0.39 is 11.9 Å². The normalized spacial score (nSPS) is 16.2. The van der Waals surface area contributed by atoms with Crippen LogP contribution in [0.4, 0.5) is 0 Å². The number of benzene rings is 1. The van der Waals surface area contributed by atoms with Gasteiger partial charge in [0.1, 0.15) is 5.75 Å². The monoisotopic (exact) mass is 309 g/mol. The molecule has 0 unspecified atom stereocenters. The Hall–Kier alpha value is -2.08. The fraction of sp³-hybridized carbons (Fsp3) is 0.500. The number of phenolic OH excluding ortho intramolecular Hbond substituents is 1. The third-order valence-corrected chi connectivity index (χ3v) is 4.06. The van der Waals surface area contributed by atoms with Gasteiger partial charge >= 0.3 is 5.97 Å². The van der Waals surface area contributed by atoms with Crippen LogP contribution in [0.3, 0.4) is 0 Å². The van der Waals surface area contributed by atoms with Crippen molar-refractivity contribution in [3.05, 3.63) is 29.8 Å². The molecule has 0 heterocycles. The zero-order chi connectivity index (χ0) is 16.6. The summed E-state index contributed by atoms with van der Waals surface area (Å²) in [4.78, 5) is 20.7. The Kier molecular flexibility index (Phi) is 6.85. The Labute approximate surface area is 129 Å². The van der Waals surface area contributed by atoms with Crippen molar-refractivity contribution >= 4 is 11.9 Å². The predicted molar refractivity (Wildman–Crippen MR) is 78.0 cm³/mol. The highest BCUT2D eigenvalue weighted by Crippen LogP contribution is 2.37. The van der Waals surface area contributed by atoms with Crippen LogP contribution in [0.5, 0.6) is 5.75 Å². The number of aromatic hydroxyl groups is 1. The fourth-order valence-electron chi connectivity index (χ4n) is 2.76. The number of rotatable bonds is 4. The summed E-state index contributed by atoms with van der Waals surface area (Å²) in [6, 6.07) is 5.52. The molecule has 0 bridgehead atoms. The molecule has 6 nitrogen and oxygen atoms in total. The molecule has 0 atom stereocenters. The maximum Gasteiger partial charge on any atom is 0.335 e. The Balaban J connectivity index is 0.000000224. The van der Waals surface area contributed by atoms with Crippen molar-refractivity contribution in [2.45, 2.75) is 38.5 Å². The minimum Gasteiger partial charge on any atom is -0.550 e. The minimum atomic E-state index is -1.03. The maximum absolute atomic E-state index is 10.5. The van der Waals surface area contributed by atoms with Crippen molar-refractivity contribution in [2.75, 3.05) is 6.54 Å². The van der Waals surface area contributed by atoms with Crippen molar-refractivity contribution in [3.63, 3.8) is 0 Å². The Morgan fingerprint density at radius 3 is 2.27 bits per heavy atom. The summed E-state index contributed by atoms with van der Waals surface area (Å²) >= 11 is 0. The van der Waals surface area contributed by atoms with Crippen LogP contribution in [0, 0.1) is 5.41 Å². The maximum atomic E-state index is 10.5. The van der Waals surface area contributed by atoms with E-state index >= 15 is 0 Å². The van der Waals surface area contributed by atoms with Gasteiger partial charge in [-0.25, -0.2) is 4.79 Å². The molecule has 0 aliphatic heterocycles. The van der Waals surface area contributed by atoms with Gasteiger partial charge in [-0.1, -0.05) is 25.3 Å². The molecule has 0 saturated heterocycles. The summed E-state index contributed by atoms with van der Waals surface area (Å²) in [5.74, 6) is -1.98. The molecule has 1 fully saturated rings. The van der Waals surface area contributed by atoms with Crippen molar-refractivity contribution < 1.29 is 30.6 Å². The summed E-state index contributed by atoms with van der Waals surface area (Å²) in [6.45, 7) is 0.737. The fourth-order valence-corrected chi connectivity index (χ4v) is 2.76. The zero-order valence-corrected chi connectivity index (χ0v) is 12.6. The molecule has 0 amide bonds. The van der Waals surface area contributed by atoms with Gasteiger partial charge in [0.15, 0.2) is 0 Å². The Morgan fingerprint density at radius 2 is 1.86 bits per heavy atom. The lowest BCUT2D eigenvalue weighted by atomic mass is 9.72. The highest BCUT2D eigenvalue weighted by Gasteiger charge is 2.32. The highest BCUT2D eigenvalue weighted by atomic mass is 16.4. The van der Waals surface area contributed by atoms with Crippen LogP contribution in [0.2, 0.25) is 0 Å². The second-order valence-corrected chi connectivity index (χ2v) is 5.71. The van der Waals surface area contributed by atoms with Crippen LogP contribution >= 0.6 is 0 Å². The molecular weight excluding hydrogens is 286 g/mol. The molecule has 0 aromatic heterocycles. The molecule has 0 radical (unpaired) electrons. The first kappa shape index (κ1) is 18.0. The van der Waals surface area contributed by atoms with Gasteiger partial charge in [0.05, 0.1) is 12.1 Å². The van der Waals surface area contributed by atoms with Crippen LogP contribution in [0.1, 0.15) is 48.9 Å². The van der Waals surface area contributed by atoms with E-state index in [9.17, 15) is 14.7 Å². The zero-order valence-electron chi connectivity index (χ0n) is 12.6. The molecule has 1 aromatic rings. The second-order valence-electron chi connectivity index (χ2n) is 5.71. The summed E-state index contributed by atoms with van der Waals surface area (Å²) in [6.07, 6.45) is 5.80. The predicted octanol–water partition coefficient (Wildman–Crippen LogP) is 0.409. The molecule has 2 rings (SSSR count). The second kappa shape index (κ2) is 8.38. The molecule has 5 N–H and O–H groups in total.